The van der Waals surface area contributed by atoms with Crippen LogP contribution < -0.4 is 10.2 Å². The molecule has 0 atom stereocenters. The SMILES string of the molecule is COCCNC(=O)COC(=O)c1ccc(N(C)C)cc1. The van der Waals surface area contributed by atoms with Crippen LogP contribution >= 0.6 is 0 Å². The van der Waals surface area contributed by atoms with E-state index in [1.165, 1.54) is 0 Å². The summed E-state index contributed by atoms with van der Waals surface area (Å²) in [7, 11) is 5.37. The normalized spacial score (nSPS) is 9.95. The Hall–Kier alpha value is -2.08. The Morgan fingerprint density at radius 2 is 1.85 bits per heavy atom. The molecule has 0 saturated heterocycles. The molecule has 0 aromatic heterocycles. The summed E-state index contributed by atoms with van der Waals surface area (Å²) >= 11 is 0. The fraction of sp³-hybridized carbons (Fsp3) is 0.429. The van der Waals surface area contributed by atoms with Gasteiger partial charge < -0.3 is 19.7 Å². The molecule has 0 bridgehead atoms. The predicted octanol–water partition coefficient (Wildman–Crippen LogP) is 0.672. The van der Waals surface area contributed by atoms with E-state index in [-0.39, 0.29) is 12.5 Å². The van der Waals surface area contributed by atoms with E-state index >= 15 is 0 Å². The third-order valence-corrected chi connectivity index (χ3v) is 2.58. The van der Waals surface area contributed by atoms with Gasteiger partial charge in [-0.15, -0.1) is 0 Å². The van der Waals surface area contributed by atoms with Crippen molar-refractivity contribution in [3.8, 4) is 0 Å². The number of rotatable bonds is 7. The van der Waals surface area contributed by atoms with E-state index in [0.29, 0.717) is 18.7 Å². The molecule has 0 saturated carbocycles. The van der Waals surface area contributed by atoms with Gasteiger partial charge in [0.25, 0.3) is 5.91 Å². The fourth-order valence-corrected chi connectivity index (χ4v) is 1.45. The van der Waals surface area contributed by atoms with Crippen LogP contribution in [0.2, 0.25) is 0 Å². The molecule has 1 amide bonds. The maximum Gasteiger partial charge on any atom is 0.338 e. The maximum absolute atomic E-state index is 11.7. The number of nitrogens with one attached hydrogen (secondary N) is 1. The van der Waals surface area contributed by atoms with E-state index in [1.807, 2.05) is 31.1 Å². The maximum atomic E-state index is 11.7. The average molecular weight is 280 g/mol. The molecular weight excluding hydrogens is 260 g/mol. The lowest BCUT2D eigenvalue weighted by atomic mass is 10.2. The number of amides is 1. The van der Waals surface area contributed by atoms with E-state index in [0.717, 1.165) is 5.69 Å². The molecule has 0 radical (unpaired) electrons. The lowest BCUT2D eigenvalue weighted by Gasteiger charge is -2.12. The smallest absolute Gasteiger partial charge is 0.338 e. The molecule has 0 fully saturated rings. The first-order chi connectivity index (χ1) is 9.54. The van der Waals surface area contributed by atoms with Gasteiger partial charge in [-0.25, -0.2) is 4.79 Å². The summed E-state index contributed by atoms with van der Waals surface area (Å²) in [5.74, 6) is -0.863. The van der Waals surface area contributed by atoms with Gasteiger partial charge in [0.15, 0.2) is 6.61 Å². The number of carbonyl (C=O) groups excluding carboxylic acids is 2. The molecule has 20 heavy (non-hydrogen) atoms. The van der Waals surface area contributed by atoms with Gasteiger partial charge in [-0.05, 0) is 24.3 Å². The van der Waals surface area contributed by atoms with Crippen LogP contribution in [0.25, 0.3) is 0 Å². The molecule has 0 aliphatic carbocycles. The second-order valence-corrected chi connectivity index (χ2v) is 4.36. The minimum absolute atomic E-state index is 0.294. The Morgan fingerprint density at radius 3 is 2.40 bits per heavy atom. The standard InChI is InChI=1S/C14H20N2O4/c1-16(2)12-6-4-11(5-7-12)14(18)20-10-13(17)15-8-9-19-3/h4-7H,8-10H2,1-3H3,(H,15,17). The summed E-state index contributed by atoms with van der Waals surface area (Å²) in [6.07, 6.45) is 0. The Morgan fingerprint density at radius 1 is 1.20 bits per heavy atom. The zero-order chi connectivity index (χ0) is 15.0. The van der Waals surface area contributed by atoms with Crippen LogP contribution in [0.1, 0.15) is 10.4 Å². The van der Waals surface area contributed by atoms with Crippen molar-refractivity contribution in [2.75, 3.05) is 45.9 Å². The van der Waals surface area contributed by atoms with Crippen molar-refractivity contribution in [3.63, 3.8) is 0 Å². The van der Waals surface area contributed by atoms with Crippen LogP contribution in [0.3, 0.4) is 0 Å². The van der Waals surface area contributed by atoms with Crippen LogP contribution in [0.4, 0.5) is 5.69 Å². The monoisotopic (exact) mass is 280 g/mol. The molecule has 1 N–H and O–H groups in total. The molecule has 110 valence electrons. The third-order valence-electron chi connectivity index (χ3n) is 2.58. The van der Waals surface area contributed by atoms with Crippen molar-refractivity contribution in [2.45, 2.75) is 0 Å². The Bertz CT molecular complexity index is 443. The van der Waals surface area contributed by atoms with Gasteiger partial charge in [0, 0.05) is 33.4 Å². The number of hydrogen-bond donors (Lipinski definition) is 1. The van der Waals surface area contributed by atoms with Gasteiger partial charge in [-0.1, -0.05) is 0 Å². The number of anilines is 1. The fourth-order valence-electron chi connectivity index (χ4n) is 1.45. The van der Waals surface area contributed by atoms with Gasteiger partial charge in [0.05, 0.1) is 12.2 Å². The highest BCUT2D eigenvalue weighted by Gasteiger charge is 2.10. The summed E-state index contributed by atoms with van der Waals surface area (Å²) in [5.41, 5.74) is 1.40. The van der Waals surface area contributed by atoms with Crippen molar-refractivity contribution in [1.82, 2.24) is 5.32 Å². The lowest BCUT2D eigenvalue weighted by Crippen LogP contribution is -2.31. The first kappa shape index (κ1) is 16.0. The predicted molar refractivity (Wildman–Crippen MR) is 75.9 cm³/mol. The topological polar surface area (TPSA) is 67.9 Å². The molecule has 1 aromatic rings. The highest BCUT2D eigenvalue weighted by Crippen LogP contribution is 2.12. The van der Waals surface area contributed by atoms with E-state index in [2.05, 4.69) is 5.32 Å². The van der Waals surface area contributed by atoms with E-state index in [4.69, 9.17) is 9.47 Å². The van der Waals surface area contributed by atoms with Gasteiger partial charge >= 0.3 is 5.97 Å². The first-order valence-electron chi connectivity index (χ1n) is 6.24. The van der Waals surface area contributed by atoms with E-state index in [9.17, 15) is 9.59 Å². The molecule has 0 heterocycles. The van der Waals surface area contributed by atoms with Crippen molar-refractivity contribution in [1.29, 1.82) is 0 Å². The molecular formula is C14H20N2O4. The second kappa shape index (κ2) is 8.16. The number of hydrogen-bond acceptors (Lipinski definition) is 5. The molecule has 1 aromatic carbocycles. The van der Waals surface area contributed by atoms with Crippen molar-refractivity contribution >= 4 is 17.6 Å². The van der Waals surface area contributed by atoms with Crippen LogP contribution in [-0.2, 0) is 14.3 Å². The van der Waals surface area contributed by atoms with Crippen molar-refractivity contribution in [2.24, 2.45) is 0 Å². The Kier molecular flexibility index (Phi) is 6.52. The lowest BCUT2D eigenvalue weighted by molar-refractivity contribution is -0.124. The van der Waals surface area contributed by atoms with Crippen LogP contribution in [0.15, 0.2) is 24.3 Å². The van der Waals surface area contributed by atoms with Crippen LogP contribution in [-0.4, -0.2) is 52.8 Å². The molecule has 0 aliphatic heterocycles. The highest BCUT2D eigenvalue weighted by molar-refractivity contribution is 5.91. The van der Waals surface area contributed by atoms with Gasteiger partial charge in [-0.2, -0.15) is 0 Å². The average Bonchev–Trinajstić information content (AvgIpc) is 2.45. The van der Waals surface area contributed by atoms with Crippen LogP contribution in [0.5, 0.6) is 0 Å². The van der Waals surface area contributed by atoms with Gasteiger partial charge in [0.1, 0.15) is 0 Å². The molecule has 0 aliphatic rings. The summed E-state index contributed by atoms with van der Waals surface area (Å²) in [6, 6.07) is 6.96. The molecule has 6 nitrogen and oxygen atoms in total. The summed E-state index contributed by atoms with van der Waals surface area (Å²) < 4.78 is 9.71. The van der Waals surface area contributed by atoms with Gasteiger partial charge in [0.2, 0.25) is 0 Å². The third kappa shape index (κ3) is 5.27. The highest BCUT2D eigenvalue weighted by atomic mass is 16.5. The molecule has 0 unspecified atom stereocenters. The quantitative estimate of drug-likeness (QED) is 0.587. The Labute approximate surface area is 118 Å². The Balaban J connectivity index is 2.40. The minimum atomic E-state index is -0.516. The van der Waals surface area contributed by atoms with E-state index in [1.54, 1.807) is 19.2 Å². The van der Waals surface area contributed by atoms with Gasteiger partial charge in [-0.3, -0.25) is 4.79 Å². The van der Waals surface area contributed by atoms with Crippen molar-refractivity contribution in [3.05, 3.63) is 29.8 Å². The molecule has 0 spiro atoms. The number of methoxy groups -OCH3 is 1. The second-order valence-electron chi connectivity index (χ2n) is 4.36. The summed E-state index contributed by atoms with van der Waals surface area (Å²) in [5, 5.41) is 2.57. The zero-order valence-corrected chi connectivity index (χ0v) is 12.0. The zero-order valence-electron chi connectivity index (χ0n) is 12.0. The summed E-state index contributed by atoms with van der Waals surface area (Å²) in [4.78, 5) is 25.0. The molecule has 6 heteroatoms. The van der Waals surface area contributed by atoms with E-state index < -0.39 is 5.97 Å². The number of carbonyl (C=O) groups is 2. The summed E-state index contributed by atoms with van der Waals surface area (Å²) in [6.45, 7) is 0.522. The van der Waals surface area contributed by atoms with Crippen LogP contribution in [0, 0.1) is 0 Å². The number of ether oxygens (including phenoxy) is 2. The minimum Gasteiger partial charge on any atom is -0.452 e. The largest absolute Gasteiger partial charge is 0.452 e. The number of nitrogens with zero attached hydrogens (tertiary/aromatic N) is 1. The number of benzene rings is 1. The molecule has 1 rings (SSSR count). The van der Waals surface area contributed by atoms with Crippen molar-refractivity contribution < 1.29 is 19.1 Å². The number of esters is 1. The first-order valence-corrected chi connectivity index (χ1v) is 6.24.